The highest BCUT2D eigenvalue weighted by Crippen LogP contribution is 2.18. The molecule has 0 fully saturated rings. The summed E-state index contributed by atoms with van der Waals surface area (Å²) in [5.74, 6) is 0.141. The van der Waals surface area contributed by atoms with Crippen LogP contribution in [-0.4, -0.2) is 26.4 Å². The van der Waals surface area contributed by atoms with Crippen LogP contribution >= 0.6 is 0 Å². The summed E-state index contributed by atoms with van der Waals surface area (Å²) in [5.41, 5.74) is 2.76. The summed E-state index contributed by atoms with van der Waals surface area (Å²) in [6, 6.07) is 7.74. The lowest BCUT2D eigenvalue weighted by Gasteiger charge is -2.15. The summed E-state index contributed by atoms with van der Waals surface area (Å²) in [6.45, 7) is 0.969. The van der Waals surface area contributed by atoms with Gasteiger partial charge in [-0.1, -0.05) is 0 Å². The summed E-state index contributed by atoms with van der Waals surface area (Å²) < 4.78 is 0. The lowest BCUT2D eigenvalue weighted by atomic mass is 9.98. The smallest absolute Gasteiger partial charge is 0.190 e. The van der Waals surface area contributed by atoms with Crippen LogP contribution in [0.25, 0.3) is 0 Å². The van der Waals surface area contributed by atoms with E-state index in [0.717, 1.165) is 36.2 Å². The van der Waals surface area contributed by atoms with Gasteiger partial charge >= 0.3 is 0 Å². The first-order chi connectivity index (χ1) is 8.18. The van der Waals surface area contributed by atoms with E-state index in [1.165, 1.54) is 0 Å². The lowest BCUT2D eigenvalue weighted by molar-refractivity contribution is 0.102. The number of nitrogens with zero attached hydrogens (tertiary/aromatic N) is 1. The molecule has 0 spiro atoms. The van der Waals surface area contributed by atoms with Gasteiger partial charge in [0.2, 0.25) is 0 Å². The zero-order valence-electron chi connectivity index (χ0n) is 10.4. The molecule has 0 aliphatic carbocycles. The molecule has 1 N–H and O–H groups in total. The first-order valence-electron chi connectivity index (χ1n) is 5.93. The second-order valence-electron chi connectivity index (χ2n) is 4.50. The Morgan fingerprint density at radius 3 is 2.47 bits per heavy atom. The molecule has 1 aromatic rings. The van der Waals surface area contributed by atoms with Crippen LogP contribution < -0.4 is 10.2 Å². The van der Waals surface area contributed by atoms with Crippen molar-refractivity contribution in [3.05, 3.63) is 41.6 Å². The van der Waals surface area contributed by atoms with Crippen LogP contribution in [0.1, 0.15) is 23.2 Å². The number of anilines is 1. The molecule has 1 aliphatic rings. The second-order valence-corrected chi connectivity index (χ2v) is 4.50. The molecule has 0 radical (unpaired) electrons. The number of rotatable bonds is 3. The summed E-state index contributed by atoms with van der Waals surface area (Å²) in [7, 11) is 3.98. The van der Waals surface area contributed by atoms with E-state index >= 15 is 0 Å². The Kier molecular flexibility index (Phi) is 3.47. The van der Waals surface area contributed by atoms with Gasteiger partial charge in [-0.3, -0.25) is 4.79 Å². The van der Waals surface area contributed by atoms with E-state index in [-0.39, 0.29) is 5.78 Å². The normalized spacial score (nSPS) is 14.8. The van der Waals surface area contributed by atoms with E-state index in [4.69, 9.17) is 0 Å². The third-order valence-corrected chi connectivity index (χ3v) is 2.98. The first kappa shape index (κ1) is 11.7. The molecular weight excluding hydrogens is 212 g/mol. The van der Waals surface area contributed by atoms with Gasteiger partial charge in [0.15, 0.2) is 5.78 Å². The fraction of sp³-hybridized carbons (Fsp3) is 0.357. The molecular formula is C14H18N2O. The zero-order chi connectivity index (χ0) is 12.3. The summed E-state index contributed by atoms with van der Waals surface area (Å²) in [4.78, 5) is 14.2. The van der Waals surface area contributed by atoms with Gasteiger partial charge in [-0.05, 0) is 37.1 Å². The number of ketones is 1. The van der Waals surface area contributed by atoms with Crippen molar-refractivity contribution < 1.29 is 4.79 Å². The van der Waals surface area contributed by atoms with E-state index in [9.17, 15) is 4.79 Å². The third kappa shape index (κ3) is 2.67. The summed E-state index contributed by atoms with van der Waals surface area (Å²) >= 11 is 0. The average Bonchev–Trinajstić information content (AvgIpc) is 2.39. The maximum atomic E-state index is 12.2. The minimum Gasteiger partial charge on any atom is -0.391 e. The molecule has 0 aromatic heterocycles. The Morgan fingerprint density at radius 1 is 1.24 bits per heavy atom. The van der Waals surface area contributed by atoms with Gasteiger partial charge < -0.3 is 10.2 Å². The van der Waals surface area contributed by atoms with E-state index < -0.39 is 0 Å². The highest BCUT2D eigenvalue weighted by atomic mass is 16.1. The second kappa shape index (κ2) is 5.04. The Hall–Kier alpha value is -1.77. The number of carbonyl (C=O) groups is 1. The Morgan fingerprint density at radius 2 is 1.94 bits per heavy atom. The number of carbonyl (C=O) groups excluding carboxylic acids is 1. The number of benzene rings is 1. The third-order valence-electron chi connectivity index (χ3n) is 2.98. The zero-order valence-corrected chi connectivity index (χ0v) is 10.4. The lowest BCUT2D eigenvalue weighted by Crippen LogP contribution is -2.18. The largest absolute Gasteiger partial charge is 0.391 e. The van der Waals surface area contributed by atoms with Gasteiger partial charge in [-0.25, -0.2) is 0 Å². The quantitative estimate of drug-likeness (QED) is 0.808. The van der Waals surface area contributed by atoms with Crippen molar-refractivity contribution in [2.24, 2.45) is 0 Å². The van der Waals surface area contributed by atoms with Crippen LogP contribution in [0.4, 0.5) is 5.69 Å². The number of Topliss-reactive ketones (excluding diaryl/α,β-unsaturated/α-hetero) is 1. The molecule has 3 nitrogen and oxygen atoms in total. The predicted molar refractivity (Wildman–Crippen MR) is 70.4 cm³/mol. The van der Waals surface area contributed by atoms with Gasteiger partial charge in [-0.2, -0.15) is 0 Å². The van der Waals surface area contributed by atoms with Crippen LogP contribution in [0.3, 0.4) is 0 Å². The van der Waals surface area contributed by atoms with E-state index in [1.807, 2.05) is 49.5 Å². The predicted octanol–water partition coefficient (Wildman–Crippen LogP) is 2.20. The summed E-state index contributed by atoms with van der Waals surface area (Å²) in [6.07, 6.45) is 3.76. The maximum Gasteiger partial charge on any atom is 0.190 e. The number of hydrogen-bond donors (Lipinski definition) is 1. The maximum absolute atomic E-state index is 12.2. The molecule has 1 aliphatic heterocycles. The topological polar surface area (TPSA) is 32.3 Å². The minimum atomic E-state index is 0.141. The Bertz CT molecular complexity index is 432. The van der Waals surface area contributed by atoms with Crippen LogP contribution in [-0.2, 0) is 0 Å². The monoisotopic (exact) mass is 230 g/mol. The standard InChI is InChI=1S/C14H18N2O/c1-16(2)13-7-5-11(6-8-13)14(17)12-4-3-9-15-10-12/h5-8,10,15H,3-4,9H2,1-2H3. The SMILES string of the molecule is CN(C)c1ccc(C(=O)C2=CNCCC2)cc1. The minimum absolute atomic E-state index is 0.141. The molecule has 0 bridgehead atoms. The van der Waals surface area contributed by atoms with E-state index in [2.05, 4.69) is 5.32 Å². The molecule has 0 saturated heterocycles. The summed E-state index contributed by atoms with van der Waals surface area (Å²) in [5, 5.41) is 3.12. The van der Waals surface area contributed by atoms with Gasteiger partial charge in [0.1, 0.15) is 0 Å². The molecule has 17 heavy (non-hydrogen) atoms. The fourth-order valence-corrected chi connectivity index (χ4v) is 1.92. The van der Waals surface area contributed by atoms with Crippen molar-refractivity contribution in [2.45, 2.75) is 12.8 Å². The molecule has 2 rings (SSSR count). The van der Waals surface area contributed by atoms with Gasteiger partial charge in [0, 0.05) is 43.7 Å². The van der Waals surface area contributed by atoms with Gasteiger partial charge in [0.05, 0.1) is 0 Å². The Labute approximate surface area is 102 Å². The average molecular weight is 230 g/mol. The number of nitrogens with one attached hydrogen (secondary N) is 1. The van der Waals surface area contributed by atoms with Gasteiger partial charge in [-0.15, -0.1) is 0 Å². The fourth-order valence-electron chi connectivity index (χ4n) is 1.92. The van der Waals surface area contributed by atoms with Crippen molar-refractivity contribution in [3.63, 3.8) is 0 Å². The molecule has 0 atom stereocenters. The van der Waals surface area contributed by atoms with Crippen LogP contribution in [0, 0.1) is 0 Å². The first-order valence-corrected chi connectivity index (χ1v) is 5.93. The van der Waals surface area contributed by atoms with E-state index in [0.29, 0.717) is 0 Å². The Balaban J connectivity index is 2.17. The van der Waals surface area contributed by atoms with Gasteiger partial charge in [0.25, 0.3) is 0 Å². The molecule has 0 saturated carbocycles. The van der Waals surface area contributed by atoms with Crippen molar-refractivity contribution in [3.8, 4) is 0 Å². The van der Waals surface area contributed by atoms with Crippen molar-refractivity contribution >= 4 is 11.5 Å². The highest BCUT2D eigenvalue weighted by molar-refractivity contribution is 6.08. The van der Waals surface area contributed by atoms with Crippen molar-refractivity contribution in [2.75, 3.05) is 25.5 Å². The van der Waals surface area contributed by atoms with Crippen LogP contribution in [0.2, 0.25) is 0 Å². The van der Waals surface area contributed by atoms with Crippen molar-refractivity contribution in [1.29, 1.82) is 0 Å². The number of allylic oxidation sites excluding steroid dienone is 1. The van der Waals surface area contributed by atoms with E-state index in [1.54, 1.807) is 0 Å². The van der Waals surface area contributed by atoms with Crippen LogP contribution in [0.15, 0.2) is 36.0 Å². The number of hydrogen-bond acceptors (Lipinski definition) is 3. The van der Waals surface area contributed by atoms with Crippen LogP contribution in [0.5, 0.6) is 0 Å². The molecule has 0 amide bonds. The highest BCUT2D eigenvalue weighted by Gasteiger charge is 2.14. The molecule has 1 heterocycles. The molecule has 1 aromatic carbocycles. The molecule has 90 valence electrons. The van der Waals surface area contributed by atoms with Crippen molar-refractivity contribution in [1.82, 2.24) is 5.32 Å². The molecule has 0 unspecified atom stereocenters. The molecule has 3 heteroatoms.